The Morgan fingerprint density at radius 3 is 2.82 bits per heavy atom. The number of urea groups is 1. The molecule has 6 nitrogen and oxygen atoms in total. The Labute approximate surface area is 98.5 Å². The highest BCUT2D eigenvalue weighted by molar-refractivity contribution is 5.89. The third-order valence-electron chi connectivity index (χ3n) is 1.87. The maximum atomic E-state index is 11.4. The molecule has 90 valence electrons. The second-order valence-electron chi connectivity index (χ2n) is 3.57. The molecule has 1 aromatic rings. The minimum atomic E-state index is -0.517. The fourth-order valence-corrected chi connectivity index (χ4v) is 1.10. The van der Waals surface area contributed by atoms with Crippen molar-refractivity contribution in [3.63, 3.8) is 0 Å². The summed E-state index contributed by atoms with van der Waals surface area (Å²) in [6, 6.07) is 5.31. The number of hydrogen-bond donors (Lipinski definition) is 2. The van der Waals surface area contributed by atoms with E-state index in [0.717, 1.165) is 5.57 Å². The molecule has 0 unspecified atom stereocenters. The van der Waals surface area contributed by atoms with Gasteiger partial charge < -0.3 is 10.6 Å². The molecular formula is C11H13N3O3. The molecule has 0 saturated carbocycles. The SMILES string of the molecule is C=C(C)CNC(=O)Nc1cccc([N+](=O)[O-])c1. The lowest BCUT2D eigenvalue weighted by Crippen LogP contribution is -2.29. The van der Waals surface area contributed by atoms with Crippen molar-refractivity contribution in [3.8, 4) is 0 Å². The van der Waals surface area contributed by atoms with Crippen molar-refractivity contribution >= 4 is 17.4 Å². The number of amides is 2. The van der Waals surface area contributed by atoms with Gasteiger partial charge in [-0.15, -0.1) is 0 Å². The van der Waals surface area contributed by atoms with Crippen molar-refractivity contribution in [2.45, 2.75) is 6.92 Å². The molecule has 2 amide bonds. The second kappa shape index (κ2) is 5.64. The molecule has 6 heteroatoms. The molecule has 0 bridgehead atoms. The summed E-state index contributed by atoms with van der Waals surface area (Å²) >= 11 is 0. The number of non-ortho nitro benzene ring substituents is 1. The van der Waals surface area contributed by atoms with Gasteiger partial charge in [0, 0.05) is 24.4 Å². The fourth-order valence-electron chi connectivity index (χ4n) is 1.10. The topological polar surface area (TPSA) is 84.3 Å². The Bertz CT molecular complexity index is 457. The molecule has 0 heterocycles. The number of nitro groups is 1. The number of nitro benzene ring substituents is 1. The molecule has 0 aliphatic carbocycles. The summed E-state index contributed by atoms with van der Waals surface area (Å²) in [5.74, 6) is 0. The summed E-state index contributed by atoms with van der Waals surface area (Å²) in [7, 11) is 0. The highest BCUT2D eigenvalue weighted by atomic mass is 16.6. The van der Waals surface area contributed by atoms with Gasteiger partial charge in [0.25, 0.3) is 5.69 Å². The first-order valence-electron chi connectivity index (χ1n) is 4.92. The second-order valence-corrected chi connectivity index (χ2v) is 3.57. The number of nitrogens with zero attached hydrogens (tertiary/aromatic N) is 1. The zero-order valence-corrected chi connectivity index (χ0v) is 9.40. The van der Waals surface area contributed by atoms with E-state index in [1.807, 2.05) is 0 Å². The summed E-state index contributed by atoms with van der Waals surface area (Å²) in [6.45, 7) is 5.79. The van der Waals surface area contributed by atoms with Crippen LogP contribution in [-0.2, 0) is 0 Å². The van der Waals surface area contributed by atoms with Gasteiger partial charge in [-0.2, -0.15) is 0 Å². The van der Waals surface area contributed by atoms with Crippen LogP contribution in [-0.4, -0.2) is 17.5 Å². The average molecular weight is 235 g/mol. The van der Waals surface area contributed by atoms with E-state index in [9.17, 15) is 14.9 Å². The summed E-state index contributed by atoms with van der Waals surface area (Å²) in [6.07, 6.45) is 0. The van der Waals surface area contributed by atoms with Crippen LogP contribution in [0, 0.1) is 10.1 Å². The molecule has 0 aromatic heterocycles. The van der Waals surface area contributed by atoms with Crippen molar-refractivity contribution in [2.75, 3.05) is 11.9 Å². The molecule has 1 aromatic carbocycles. The monoisotopic (exact) mass is 235 g/mol. The van der Waals surface area contributed by atoms with Crippen LogP contribution in [0.3, 0.4) is 0 Å². The van der Waals surface area contributed by atoms with Crippen LogP contribution in [0.25, 0.3) is 0 Å². The lowest BCUT2D eigenvalue weighted by Gasteiger charge is -2.06. The Kier molecular flexibility index (Phi) is 4.21. The fraction of sp³-hybridized carbons (Fsp3) is 0.182. The lowest BCUT2D eigenvalue weighted by molar-refractivity contribution is -0.384. The highest BCUT2D eigenvalue weighted by Crippen LogP contribution is 2.16. The smallest absolute Gasteiger partial charge is 0.319 e. The van der Waals surface area contributed by atoms with E-state index in [1.54, 1.807) is 13.0 Å². The molecule has 0 radical (unpaired) electrons. The average Bonchev–Trinajstić information content (AvgIpc) is 2.26. The van der Waals surface area contributed by atoms with Crippen molar-refractivity contribution in [2.24, 2.45) is 0 Å². The van der Waals surface area contributed by atoms with Gasteiger partial charge in [-0.3, -0.25) is 10.1 Å². The van der Waals surface area contributed by atoms with Crippen LogP contribution in [0.2, 0.25) is 0 Å². The highest BCUT2D eigenvalue weighted by Gasteiger charge is 2.07. The Hall–Kier alpha value is -2.37. The van der Waals surface area contributed by atoms with Gasteiger partial charge in [-0.05, 0) is 13.0 Å². The van der Waals surface area contributed by atoms with Gasteiger partial charge in [0.05, 0.1) is 4.92 Å². The van der Waals surface area contributed by atoms with Crippen molar-refractivity contribution in [3.05, 3.63) is 46.5 Å². The van der Waals surface area contributed by atoms with E-state index in [1.165, 1.54) is 18.2 Å². The predicted molar refractivity (Wildman–Crippen MR) is 64.9 cm³/mol. The molecule has 0 saturated heterocycles. The van der Waals surface area contributed by atoms with Crippen LogP contribution >= 0.6 is 0 Å². The summed E-state index contributed by atoms with van der Waals surface area (Å²) in [5.41, 5.74) is 1.13. The van der Waals surface area contributed by atoms with Gasteiger partial charge in [-0.25, -0.2) is 4.79 Å². The van der Waals surface area contributed by atoms with Crippen LogP contribution in [0.15, 0.2) is 36.4 Å². The van der Waals surface area contributed by atoms with E-state index in [0.29, 0.717) is 12.2 Å². The van der Waals surface area contributed by atoms with E-state index in [-0.39, 0.29) is 5.69 Å². The number of carbonyl (C=O) groups is 1. The van der Waals surface area contributed by atoms with E-state index < -0.39 is 11.0 Å². The number of carbonyl (C=O) groups excluding carboxylic acids is 1. The zero-order chi connectivity index (χ0) is 12.8. The largest absolute Gasteiger partial charge is 0.334 e. The number of hydrogen-bond acceptors (Lipinski definition) is 3. The van der Waals surface area contributed by atoms with E-state index >= 15 is 0 Å². The van der Waals surface area contributed by atoms with Crippen molar-refractivity contribution in [1.29, 1.82) is 0 Å². The Balaban J connectivity index is 2.62. The first kappa shape index (κ1) is 12.7. The van der Waals surface area contributed by atoms with Crippen LogP contribution in [0.4, 0.5) is 16.2 Å². The molecule has 0 atom stereocenters. The standard InChI is InChI=1S/C11H13N3O3/c1-8(2)7-12-11(15)13-9-4-3-5-10(6-9)14(16)17/h3-6H,1,7H2,2H3,(H2,12,13,15). The van der Waals surface area contributed by atoms with E-state index in [2.05, 4.69) is 17.2 Å². The van der Waals surface area contributed by atoms with Crippen molar-refractivity contribution < 1.29 is 9.72 Å². The van der Waals surface area contributed by atoms with Crippen LogP contribution < -0.4 is 10.6 Å². The maximum Gasteiger partial charge on any atom is 0.319 e. The minimum absolute atomic E-state index is 0.0669. The number of anilines is 1. The van der Waals surface area contributed by atoms with E-state index in [4.69, 9.17) is 0 Å². The van der Waals surface area contributed by atoms with Crippen LogP contribution in [0.1, 0.15) is 6.92 Å². The molecule has 0 spiro atoms. The third-order valence-corrected chi connectivity index (χ3v) is 1.87. The normalized spacial score (nSPS) is 9.47. The molecule has 0 aliphatic rings. The quantitative estimate of drug-likeness (QED) is 0.477. The van der Waals surface area contributed by atoms with Crippen LogP contribution in [0.5, 0.6) is 0 Å². The van der Waals surface area contributed by atoms with Gasteiger partial charge in [0.15, 0.2) is 0 Å². The molecule has 17 heavy (non-hydrogen) atoms. The number of nitrogens with one attached hydrogen (secondary N) is 2. The molecular weight excluding hydrogens is 222 g/mol. The van der Waals surface area contributed by atoms with Gasteiger partial charge in [0.1, 0.15) is 0 Å². The third kappa shape index (κ3) is 4.33. The summed E-state index contributed by atoms with van der Waals surface area (Å²) in [5, 5.41) is 15.6. The molecule has 1 rings (SSSR count). The first-order chi connectivity index (χ1) is 7.99. The zero-order valence-electron chi connectivity index (χ0n) is 9.40. The number of benzene rings is 1. The summed E-state index contributed by atoms with van der Waals surface area (Å²) in [4.78, 5) is 21.4. The Morgan fingerprint density at radius 2 is 2.24 bits per heavy atom. The molecule has 0 aliphatic heterocycles. The first-order valence-corrected chi connectivity index (χ1v) is 4.92. The van der Waals surface area contributed by atoms with Gasteiger partial charge >= 0.3 is 6.03 Å². The lowest BCUT2D eigenvalue weighted by atomic mass is 10.3. The predicted octanol–water partition coefficient (Wildman–Crippen LogP) is 2.29. The minimum Gasteiger partial charge on any atom is -0.334 e. The molecule has 2 N–H and O–H groups in total. The molecule has 0 fully saturated rings. The van der Waals surface area contributed by atoms with Gasteiger partial charge in [0.2, 0.25) is 0 Å². The van der Waals surface area contributed by atoms with Gasteiger partial charge in [-0.1, -0.05) is 18.2 Å². The summed E-state index contributed by atoms with van der Waals surface area (Å²) < 4.78 is 0. The van der Waals surface area contributed by atoms with Crippen molar-refractivity contribution in [1.82, 2.24) is 5.32 Å². The maximum absolute atomic E-state index is 11.4. The Morgan fingerprint density at radius 1 is 1.53 bits per heavy atom. The number of rotatable bonds is 4.